The monoisotopic (exact) mass is 613 g/mol. The van der Waals surface area contributed by atoms with Crippen molar-refractivity contribution in [3.8, 4) is 34.0 Å². The van der Waals surface area contributed by atoms with Crippen molar-refractivity contribution >= 4 is 17.0 Å². The highest BCUT2D eigenvalue weighted by atomic mass is 19.1. The van der Waals surface area contributed by atoms with Crippen molar-refractivity contribution in [1.82, 2.24) is 14.9 Å². The first-order valence-corrected chi connectivity index (χ1v) is 14.7. The molecule has 2 heterocycles. The average Bonchev–Trinajstić information content (AvgIpc) is 3.43. The number of likely N-dealkylation sites (tertiary alicyclic amines) is 1. The van der Waals surface area contributed by atoms with Gasteiger partial charge in [0.15, 0.2) is 5.82 Å². The predicted molar refractivity (Wildman–Crippen MR) is 166 cm³/mol. The van der Waals surface area contributed by atoms with Crippen LogP contribution in [0.3, 0.4) is 0 Å². The molecule has 0 unspecified atom stereocenters. The van der Waals surface area contributed by atoms with Gasteiger partial charge in [0.25, 0.3) is 6.01 Å². The number of benzene rings is 4. The van der Waals surface area contributed by atoms with Gasteiger partial charge in [-0.3, -0.25) is 4.90 Å². The second kappa shape index (κ2) is 13.2. The minimum atomic E-state index is -0.805. The summed E-state index contributed by atoms with van der Waals surface area (Å²) in [6.07, 6.45) is 0. The Kier molecular flexibility index (Phi) is 8.88. The van der Waals surface area contributed by atoms with Crippen molar-refractivity contribution in [3.63, 3.8) is 0 Å². The number of ether oxygens (including phenoxy) is 3. The molecule has 0 amide bonds. The van der Waals surface area contributed by atoms with Gasteiger partial charge in [0.05, 0.1) is 43.6 Å². The molecular weight excluding hydrogens is 580 g/mol. The van der Waals surface area contributed by atoms with E-state index in [2.05, 4.69) is 27.0 Å². The highest BCUT2D eigenvalue weighted by molar-refractivity contribution is 5.91. The van der Waals surface area contributed by atoms with Gasteiger partial charge in [-0.05, 0) is 46.9 Å². The Morgan fingerprint density at radius 3 is 2.38 bits per heavy atom. The van der Waals surface area contributed by atoms with Gasteiger partial charge in [-0.1, -0.05) is 54.6 Å². The maximum atomic E-state index is 15.7. The van der Waals surface area contributed by atoms with Crippen molar-refractivity contribution in [2.75, 3.05) is 40.0 Å². The maximum absolute atomic E-state index is 15.7. The fourth-order valence-corrected chi connectivity index (χ4v) is 5.59. The minimum Gasteiger partial charge on any atom is -0.465 e. The van der Waals surface area contributed by atoms with Crippen molar-refractivity contribution in [1.29, 1.82) is 0 Å². The Morgan fingerprint density at radius 2 is 1.69 bits per heavy atom. The topological polar surface area (TPSA) is 96.9 Å². The number of carbonyl (C=O) groups excluding carboxylic acids is 1. The molecule has 10 heteroatoms. The van der Waals surface area contributed by atoms with E-state index in [1.807, 2.05) is 24.3 Å². The van der Waals surface area contributed by atoms with Gasteiger partial charge in [-0.25, -0.2) is 13.6 Å². The van der Waals surface area contributed by atoms with E-state index in [0.717, 1.165) is 30.8 Å². The van der Waals surface area contributed by atoms with Crippen molar-refractivity contribution in [2.45, 2.75) is 13.5 Å². The maximum Gasteiger partial charge on any atom is 0.338 e. The van der Waals surface area contributed by atoms with Crippen LogP contribution in [-0.4, -0.2) is 66.0 Å². The number of aliphatic hydroxyl groups excluding tert-OH is 1. The Morgan fingerprint density at radius 1 is 1.00 bits per heavy atom. The van der Waals surface area contributed by atoms with Gasteiger partial charge in [0.1, 0.15) is 17.1 Å². The predicted octanol–water partition coefficient (Wildman–Crippen LogP) is 6.50. The zero-order valence-corrected chi connectivity index (χ0v) is 25.0. The molecule has 5 aromatic rings. The third-order valence-electron chi connectivity index (χ3n) is 7.97. The van der Waals surface area contributed by atoms with Gasteiger partial charge in [-0.15, -0.1) is 0 Å². The quantitative estimate of drug-likeness (QED) is 0.130. The number of halogens is 2. The molecule has 1 saturated heterocycles. The summed E-state index contributed by atoms with van der Waals surface area (Å²) in [5, 5.41) is 8.83. The minimum absolute atomic E-state index is 0.0418. The molecule has 232 valence electrons. The molecule has 1 fully saturated rings. The summed E-state index contributed by atoms with van der Waals surface area (Å²) in [7, 11) is 1.29. The molecule has 1 aliphatic heterocycles. The number of aryl methyl sites for hydroxylation is 1. The largest absolute Gasteiger partial charge is 0.465 e. The lowest BCUT2D eigenvalue weighted by Gasteiger charge is -2.39. The van der Waals surface area contributed by atoms with Crippen LogP contribution in [0, 0.1) is 24.5 Å². The van der Waals surface area contributed by atoms with Crippen LogP contribution in [0.1, 0.15) is 21.5 Å². The van der Waals surface area contributed by atoms with Crippen molar-refractivity contribution < 1.29 is 32.9 Å². The first-order chi connectivity index (χ1) is 21.8. The zero-order chi connectivity index (χ0) is 31.5. The summed E-state index contributed by atoms with van der Waals surface area (Å²) < 4.78 is 46.9. The molecule has 6 rings (SSSR count). The van der Waals surface area contributed by atoms with Crippen LogP contribution in [-0.2, 0) is 16.0 Å². The first kappa shape index (κ1) is 30.4. The van der Waals surface area contributed by atoms with E-state index in [4.69, 9.17) is 19.3 Å². The standard InChI is InChI=1S/C35H33F2N3O5/c1-21-3-12-27(15-28(21)34(42)43-2)45-35-38-30-16-29(36)31(32(37)33(30)39-35)26-10-8-25(9-11-26)24-6-4-22(5-7-24)17-40-18-23(19-40)20-44-14-13-41/h3-12,15-16,23,41H,13-14,17-20H2,1-2H3,(H,38,39). The molecule has 0 saturated carbocycles. The number of H-pyrrole nitrogens is 1. The highest BCUT2D eigenvalue weighted by Gasteiger charge is 2.26. The molecule has 0 radical (unpaired) electrons. The van der Waals surface area contributed by atoms with Gasteiger partial charge in [-0.2, -0.15) is 4.98 Å². The van der Waals surface area contributed by atoms with Crippen LogP contribution in [0.15, 0.2) is 72.8 Å². The summed E-state index contributed by atoms with van der Waals surface area (Å²) in [5.41, 5.74) is 4.45. The van der Waals surface area contributed by atoms with E-state index in [-0.39, 0.29) is 29.2 Å². The van der Waals surface area contributed by atoms with Gasteiger partial charge >= 0.3 is 5.97 Å². The number of hydrogen-bond acceptors (Lipinski definition) is 7. The Labute approximate surface area is 259 Å². The molecule has 8 nitrogen and oxygen atoms in total. The number of aromatic amines is 1. The molecular formula is C35H33F2N3O5. The molecule has 2 N–H and O–H groups in total. The van der Waals surface area contributed by atoms with E-state index < -0.39 is 17.6 Å². The smallest absolute Gasteiger partial charge is 0.338 e. The molecule has 0 spiro atoms. The number of nitrogens with zero attached hydrogens (tertiary/aromatic N) is 2. The summed E-state index contributed by atoms with van der Waals surface area (Å²) >= 11 is 0. The van der Waals surface area contributed by atoms with E-state index in [9.17, 15) is 4.79 Å². The third kappa shape index (κ3) is 6.58. The van der Waals surface area contributed by atoms with Crippen LogP contribution in [0.25, 0.3) is 33.3 Å². The van der Waals surface area contributed by atoms with E-state index in [1.165, 1.54) is 24.8 Å². The number of aromatic nitrogens is 2. The van der Waals surface area contributed by atoms with Crippen LogP contribution in [0.4, 0.5) is 8.78 Å². The number of esters is 1. The van der Waals surface area contributed by atoms with E-state index in [1.54, 1.807) is 31.2 Å². The molecule has 0 atom stereocenters. The number of hydrogen-bond donors (Lipinski definition) is 2. The lowest BCUT2D eigenvalue weighted by Crippen LogP contribution is -2.48. The molecule has 1 aromatic heterocycles. The Balaban J connectivity index is 1.14. The number of fused-ring (bicyclic) bond motifs is 1. The van der Waals surface area contributed by atoms with Crippen molar-refractivity contribution in [2.24, 2.45) is 5.92 Å². The van der Waals surface area contributed by atoms with Gasteiger partial charge < -0.3 is 24.3 Å². The SMILES string of the molecule is COC(=O)c1cc(Oc2nc3c(F)c(-c4ccc(-c5ccc(CN6CC(COCCO)C6)cc5)cc4)c(F)cc3[nH]2)ccc1C. The van der Waals surface area contributed by atoms with E-state index in [0.29, 0.717) is 41.6 Å². The number of imidazole rings is 1. The van der Waals surface area contributed by atoms with E-state index >= 15 is 8.78 Å². The van der Waals surface area contributed by atoms with Crippen LogP contribution in [0.5, 0.6) is 11.8 Å². The molecule has 1 aliphatic rings. The average molecular weight is 614 g/mol. The summed E-state index contributed by atoms with van der Waals surface area (Å²) in [6.45, 7) is 5.69. The van der Waals surface area contributed by atoms with Crippen molar-refractivity contribution in [3.05, 3.63) is 101 Å². The van der Waals surface area contributed by atoms with Gasteiger partial charge in [0.2, 0.25) is 0 Å². The summed E-state index contributed by atoms with van der Waals surface area (Å²) in [4.78, 5) is 21.4. The fourth-order valence-electron chi connectivity index (χ4n) is 5.59. The third-order valence-corrected chi connectivity index (χ3v) is 7.97. The number of methoxy groups -OCH3 is 1. The zero-order valence-electron chi connectivity index (χ0n) is 25.0. The highest BCUT2D eigenvalue weighted by Crippen LogP contribution is 2.34. The molecule has 4 aromatic carbocycles. The number of carbonyl (C=O) groups is 1. The summed E-state index contributed by atoms with van der Waals surface area (Å²) in [5.74, 6) is -1.25. The number of nitrogens with one attached hydrogen (secondary N) is 1. The molecule has 0 aliphatic carbocycles. The normalized spacial score (nSPS) is 13.6. The second-order valence-electron chi connectivity index (χ2n) is 11.2. The second-order valence-corrected chi connectivity index (χ2v) is 11.2. The number of aliphatic hydroxyl groups is 1. The van der Waals surface area contributed by atoms with Crippen LogP contribution in [0.2, 0.25) is 0 Å². The summed E-state index contributed by atoms with van der Waals surface area (Å²) in [6, 6.07) is 21.4. The molecule has 45 heavy (non-hydrogen) atoms. The molecule has 0 bridgehead atoms. The van der Waals surface area contributed by atoms with Gasteiger partial charge in [0, 0.05) is 31.6 Å². The van der Waals surface area contributed by atoms with Crippen LogP contribution < -0.4 is 4.74 Å². The fraction of sp³-hybridized carbons (Fsp3) is 0.257. The Hall–Kier alpha value is -4.64. The lowest BCUT2D eigenvalue weighted by molar-refractivity contribution is 0.000500. The lowest BCUT2D eigenvalue weighted by atomic mass is 9.97. The Bertz CT molecular complexity index is 1820. The number of rotatable bonds is 11. The first-order valence-electron chi connectivity index (χ1n) is 14.7. The van der Waals surface area contributed by atoms with Crippen LogP contribution >= 0.6 is 0 Å².